The smallest absolute Gasteiger partial charge is 0.343 e. The first-order valence-corrected chi connectivity index (χ1v) is 8.94. The second-order valence-electron chi connectivity index (χ2n) is 6.02. The molecule has 3 aromatic rings. The van der Waals surface area contributed by atoms with Gasteiger partial charge in [0.15, 0.2) is 0 Å². The Balaban J connectivity index is 1.50. The molecule has 0 atom stereocenters. The van der Waals surface area contributed by atoms with Gasteiger partial charge < -0.3 is 14.2 Å². The van der Waals surface area contributed by atoms with Crippen molar-refractivity contribution in [1.29, 1.82) is 0 Å². The van der Waals surface area contributed by atoms with Gasteiger partial charge in [0.1, 0.15) is 24.7 Å². The Hall–Kier alpha value is -4.20. The fourth-order valence-electron chi connectivity index (χ4n) is 2.47. The summed E-state index contributed by atoms with van der Waals surface area (Å²) in [4.78, 5) is 34.4. The second kappa shape index (κ2) is 9.83. The van der Waals surface area contributed by atoms with E-state index < -0.39 is 16.9 Å². The van der Waals surface area contributed by atoms with E-state index in [-0.39, 0.29) is 35.8 Å². The number of esters is 2. The number of nitro benzene ring substituents is 1. The van der Waals surface area contributed by atoms with Crippen molar-refractivity contribution in [3.63, 3.8) is 0 Å². The highest BCUT2D eigenvalue weighted by Gasteiger charge is 2.14. The number of nitrogens with zero attached hydrogens (tertiary/aromatic N) is 1. The maximum absolute atomic E-state index is 12.1. The minimum absolute atomic E-state index is 0.0473. The second-order valence-corrected chi connectivity index (χ2v) is 6.02. The summed E-state index contributed by atoms with van der Waals surface area (Å²) >= 11 is 0. The standard InChI is InChI=1S/C22H17NO7/c24-21(29-14-13-28-19-7-2-1-3-8-19)16-9-11-20(12-10-16)30-22(25)17-5-4-6-18(15-17)23(26)27/h1-12,15H,13-14H2. The Morgan fingerprint density at radius 2 is 1.50 bits per heavy atom. The molecule has 0 aliphatic carbocycles. The highest BCUT2D eigenvalue weighted by atomic mass is 16.6. The van der Waals surface area contributed by atoms with Crippen LogP contribution in [0.1, 0.15) is 20.7 Å². The monoisotopic (exact) mass is 407 g/mol. The van der Waals surface area contributed by atoms with Gasteiger partial charge in [0.05, 0.1) is 16.1 Å². The first-order valence-electron chi connectivity index (χ1n) is 8.94. The molecule has 3 aromatic carbocycles. The van der Waals surface area contributed by atoms with Crippen molar-refractivity contribution >= 4 is 17.6 Å². The normalized spacial score (nSPS) is 10.1. The summed E-state index contributed by atoms with van der Waals surface area (Å²) in [5.74, 6) is -0.408. The van der Waals surface area contributed by atoms with Gasteiger partial charge in [-0.1, -0.05) is 24.3 Å². The first kappa shape index (κ1) is 20.5. The third-order valence-electron chi connectivity index (χ3n) is 3.92. The molecule has 0 fully saturated rings. The number of carbonyl (C=O) groups is 2. The van der Waals surface area contributed by atoms with Crippen LogP contribution >= 0.6 is 0 Å². The predicted octanol–water partition coefficient (Wildman–Crippen LogP) is 4.05. The molecule has 0 N–H and O–H groups in total. The average Bonchev–Trinajstić information content (AvgIpc) is 2.78. The van der Waals surface area contributed by atoms with Crippen molar-refractivity contribution in [3.05, 3.63) is 100 Å². The Morgan fingerprint density at radius 1 is 0.767 bits per heavy atom. The molecular weight excluding hydrogens is 390 g/mol. The van der Waals surface area contributed by atoms with Gasteiger partial charge in [0, 0.05) is 12.1 Å². The van der Waals surface area contributed by atoms with Crippen LogP contribution in [-0.2, 0) is 4.74 Å². The molecule has 0 spiro atoms. The van der Waals surface area contributed by atoms with Gasteiger partial charge in [0.25, 0.3) is 5.69 Å². The number of ether oxygens (including phenoxy) is 3. The molecule has 0 bridgehead atoms. The SMILES string of the molecule is O=C(OCCOc1ccccc1)c1ccc(OC(=O)c2cccc([N+](=O)[O-])c2)cc1. The molecule has 8 heteroatoms. The van der Waals surface area contributed by atoms with Crippen molar-refractivity contribution in [2.45, 2.75) is 0 Å². The summed E-state index contributed by atoms with van der Waals surface area (Å²) in [7, 11) is 0. The van der Waals surface area contributed by atoms with Gasteiger partial charge >= 0.3 is 11.9 Å². The van der Waals surface area contributed by atoms with E-state index in [0.29, 0.717) is 5.75 Å². The maximum Gasteiger partial charge on any atom is 0.343 e. The highest BCUT2D eigenvalue weighted by molar-refractivity contribution is 5.92. The number of benzene rings is 3. The van der Waals surface area contributed by atoms with Crippen LogP contribution in [0.2, 0.25) is 0 Å². The summed E-state index contributed by atoms with van der Waals surface area (Å²) in [6.07, 6.45) is 0. The molecule has 30 heavy (non-hydrogen) atoms. The van der Waals surface area contributed by atoms with Crippen LogP contribution in [0.4, 0.5) is 5.69 Å². The zero-order chi connectivity index (χ0) is 21.3. The molecule has 0 heterocycles. The van der Waals surface area contributed by atoms with Crippen LogP contribution < -0.4 is 9.47 Å². The fourth-order valence-corrected chi connectivity index (χ4v) is 2.47. The third kappa shape index (κ3) is 5.65. The number of hydrogen-bond donors (Lipinski definition) is 0. The molecule has 0 aromatic heterocycles. The minimum Gasteiger partial charge on any atom is -0.490 e. The summed E-state index contributed by atoms with van der Waals surface area (Å²) in [6.45, 7) is 0.298. The zero-order valence-corrected chi connectivity index (χ0v) is 15.7. The fraction of sp³-hybridized carbons (Fsp3) is 0.0909. The Kier molecular flexibility index (Phi) is 6.73. The Morgan fingerprint density at radius 3 is 2.20 bits per heavy atom. The van der Waals surface area contributed by atoms with Gasteiger partial charge in [0.2, 0.25) is 0 Å². The van der Waals surface area contributed by atoms with Gasteiger partial charge in [-0.2, -0.15) is 0 Å². The number of non-ortho nitro benzene ring substituents is 1. The molecule has 0 amide bonds. The van der Waals surface area contributed by atoms with Gasteiger partial charge in [-0.05, 0) is 42.5 Å². The molecular formula is C22H17NO7. The van der Waals surface area contributed by atoms with Gasteiger partial charge in [-0.15, -0.1) is 0 Å². The molecule has 0 radical (unpaired) electrons. The molecule has 152 valence electrons. The van der Waals surface area contributed by atoms with Crippen molar-refractivity contribution in [1.82, 2.24) is 0 Å². The quantitative estimate of drug-likeness (QED) is 0.182. The van der Waals surface area contributed by atoms with Crippen LogP contribution in [-0.4, -0.2) is 30.1 Å². The van der Waals surface area contributed by atoms with Crippen molar-refractivity contribution in [3.8, 4) is 11.5 Å². The van der Waals surface area contributed by atoms with Crippen LogP contribution in [0.3, 0.4) is 0 Å². The summed E-state index contributed by atoms with van der Waals surface area (Å²) in [5.41, 5.74) is 0.120. The molecule has 0 aliphatic rings. The summed E-state index contributed by atoms with van der Waals surface area (Å²) < 4.78 is 15.8. The van der Waals surface area contributed by atoms with E-state index in [2.05, 4.69) is 0 Å². The molecule has 0 unspecified atom stereocenters. The number of rotatable bonds is 8. The summed E-state index contributed by atoms with van der Waals surface area (Å²) in [6, 6.07) is 20.2. The lowest BCUT2D eigenvalue weighted by Gasteiger charge is -2.08. The van der Waals surface area contributed by atoms with Crippen LogP contribution in [0.25, 0.3) is 0 Å². The molecule has 0 saturated carbocycles. The van der Waals surface area contributed by atoms with E-state index in [1.54, 1.807) is 12.1 Å². The maximum atomic E-state index is 12.1. The van der Waals surface area contributed by atoms with Gasteiger partial charge in [-0.25, -0.2) is 9.59 Å². The number of carbonyl (C=O) groups excluding carboxylic acids is 2. The number of nitro groups is 1. The predicted molar refractivity (Wildman–Crippen MR) is 107 cm³/mol. The van der Waals surface area contributed by atoms with Crippen LogP contribution in [0.15, 0.2) is 78.9 Å². The largest absolute Gasteiger partial charge is 0.490 e. The van der Waals surface area contributed by atoms with E-state index in [9.17, 15) is 19.7 Å². The lowest BCUT2D eigenvalue weighted by Crippen LogP contribution is -2.12. The number of para-hydroxylation sites is 1. The molecule has 3 rings (SSSR count). The molecule has 8 nitrogen and oxygen atoms in total. The van der Waals surface area contributed by atoms with Crippen molar-refractivity contribution < 1.29 is 28.7 Å². The Labute approximate surface area is 171 Å². The zero-order valence-electron chi connectivity index (χ0n) is 15.7. The van der Waals surface area contributed by atoms with Crippen molar-refractivity contribution in [2.24, 2.45) is 0 Å². The highest BCUT2D eigenvalue weighted by Crippen LogP contribution is 2.18. The average molecular weight is 407 g/mol. The topological polar surface area (TPSA) is 105 Å². The van der Waals surface area contributed by atoms with Crippen molar-refractivity contribution in [2.75, 3.05) is 13.2 Å². The van der Waals surface area contributed by atoms with E-state index in [1.165, 1.54) is 42.5 Å². The first-order chi connectivity index (χ1) is 14.5. The lowest BCUT2D eigenvalue weighted by molar-refractivity contribution is -0.384. The molecule has 0 aliphatic heterocycles. The number of hydrogen-bond acceptors (Lipinski definition) is 7. The van der Waals surface area contributed by atoms with Crippen LogP contribution in [0.5, 0.6) is 11.5 Å². The van der Waals surface area contributed by atoms with Crippen LogP contribution in [0, 0.1) is 10.1 Å². The van der Waals surface area contributed by atoms with E-state index in [0.717, 1.165) is 6.07 Å². The Bertz CT molecular complexity index is 1030. The van der Waals surface area contributed by atoms with E-state index in [4.69, 9.17) is 14.2 Å². The molecule has 0 saturated heterocycles. The van der Waals surface area contributed by atoms with E-state index >= 15 is 0 Å². The summed E-state index contributed by atoms with van der Waals surface area (Å²) in [5, 5.41) is 10.8. The van der Waals surface area contributed by atoms with E-state index in [1.807, 2.05) is 18.2 Å². The van der Waals surface area contributed by atoms with Gasteiger partial charge in [-0.3, -0.25) is 10.1 Å². The lowest BCUT2D eigenvalue weighted by atomic mass is 10.2. The third-order valence-corrected chi connectivity index (χ3v) is 3.92. The minimum atomic E-state index is -0.743.